The van der Waals surface area contributed by atoms with Gasteiger partial charge in [0.1, 0.15) is 18.1 Å². The Kier molecular flexibility index (Phi) is 6.21. The van der Waals surface area contributed by atoms with Gasteiger partial charge in [-0.2, -0.15) is 13.2 Å². The molecule has 6 nitrogen and oxygen atoms in total. The van der Waals surface area contributed by atoms with E-state index in [-0.39, 0.29) is 34.4 Å². The summed E-state index contributed by atoms with van der Waals surface area (Å²) in [5.41, 5.74) is 1.64. The van der Waals surface area contributed by atoms with Gasteiger partial charge in [0.05, 0.1) is 10.5 Å². The number of halogens is 3. The molecule has 3 aromatic rings. The summed E-state index contributed by atoms with van der Waals surface area (Å²) in [7, 11) is 0. The molecular weight excluding hydrogens is 493 g/mol. The van der Waals surface area contributed by atoms with Crippen molar-refractivity contribution in [2.75, 3.05) is 13.1 Å². The summed E-state index contributed by atoms with van der Waals surface area (Å²) in [4.78, 5) is 40.8. The van der Waals surface area contributed by atoms with Crippen molar-refractivity contribution in [3.8, 4) is 11.3 Å². The number of furan rings is 1. The second-order valence-corrected chi connectivity index (χ2v) is 9.38. The molecule has 0 radical (unpaired) electrons. The van der Waals surface area contributed by atoms with Gasteiger partial charge in [0, 0.05) is 24.7 Å². The standard InChI is InChI=1S/C26H19F3N2O4S/c27-26(28,29)19-7-3-6-17(12-19)21-9-8-20(35-21)13-22-24(33)31(25(34)36-22)15-23(32)30-11-10-16-4-1-2-5-18(16)14-30/h1-9,12-13H,10-11,14-15H2/b22-13+. The number of carbonyl (C=O) groups excluding carboxylic acids is 3. The van der Waals surface area contributed by atoms with Crippen molar-refractivity contribution in [3.05, 3.63) is 88.0 Å². The molecule has 2 aliphatic rings. The van der Waals surface area contributed by atoms with E-state index in [2.05, 4.69) is 0 Å². The van der Waals surface area contributed by atoms with Gasteiger partial charge in [-0.05, 0) is 53.6 Å². The van der Waals surface area contributed by atoms with E-state index in [1.165, 1.54) is 35.9 Å². The highest BCUT2D eigenvalue weighted by Crippen LogP contribution is 2.35. The van der Waals surface area contributed by atoms with Crippen LogP contribution in [-0.2, 0) is 28.7 Å². The highest BCUT2D eigenvalue weighted by atomic mass is 32.2. The second kappa shape index (κ2) is 9.34. The Morgan fingerprint density at radius 1 is 1.03 bits per heavy atom. The largest absolute Gasteiger partial charge is 0.457 e. The molecule has 1 fully saturated rings. The molecule has 10 heteroatoms. The van der Waals surface area contributed by atoms with Crippen molar-refractivity contribution in [2.24, 2.45) is 0 Å². The minimum Gasteiger partial charge on any atom is -0.457 e. The molecule has 0 unspecified atom stereocenters. The van der Waals surface area contributed by atoms with Gasteiger partial charge in [-0.1, -0.05) is 36.4 Å². The van der Waals surface area contributed by atoms with Gasteiger partial charge in [0.25, 0.3) is 11.1 Å². The van der Waals surface area contributed by atoms with E-state index in [1.54, 1.807) is 4.90 Å². The van der Waals surface area contributed by atoms with Crippen molar-refractivity contribution in [2.45, 2.75) is 19.1 Å². The van der Waals surface area contributed by atoms with Crippen molar-refractivity contribution in [1.82, 2.24) is 9.80 Å². The molecule has 0 spiro atoms. The molecule has 1 saturated heterocycles. The van der Waals surface area contributed by atoms with E-state index in [0.717, 1.165) is 22.6 Å². The van der Waals surface area contributed by atoms with Crippen LogP contribution < -0.4 is 0 Å². The van der Waals surface area contributed by atoms with Crippen molar-refractivity contribution in [3.63, 3.8) is 0 Å². The van der Waals surface area contributed by atoms with Gasteiger partial charge in [-0.3, -0.25) is 19.3 Å². The fraction of sp³-hybridized carbons (Fsp3) is 0.192. The van der Waals surface area contributed by atoms with Crippen LogP contribution in [0.25, 0.3) is 17.4 Å². The van der Waals surface area contributed by atoms with Gasteiger partial charge in [0.2, 0.25) is 5.91 Å². The van der Waals surface area contributed by atoms with Crippen LogP contribution in [0.4, 0.5) is 18.0 Å². The normalized spacial score (nSPS) is 17.1. The van der Waals surface area contributed by atoms with Crippen molar-refractivity contribution in [1.29, 1.82) is 0 Å². The molecule has 0 atom stereocenters. The van der Waals surface area contributed by atoms with E-state index in [0.29, 0.717) is 31.3 Å². The predicted molar refractivity (Wildman–Crippen MR) is 127 cm³/mol. The number of imide groups is 1. The number of alkyl halides is 3. The molecule has 2 aliphatic heterocycles. The first-order valence-corrected chi connectivity index (χ1v) is 11.9. The lowest BCUT2D eigenvalue weighted by Crippen LogP contribution is -2.44. The molecule has 0 saturated carbocycles. The lowest BCUT2D eigenvalue weighted by atomic mass is 10.00. The lowest BCUT2D eigenvalue weighted by Gasteiger charge is -2.29. The molecule has 3 amide bonds. The van der Waals surface area contributed by atoms with E-state index >= 15 is 0 Å². The molecule has 0 bridgehead atoms. The third-order valence-corrected chi connectivity index (χ3v) is 6.93. The molecule has 0 N–H and O–H groups in total. The Hall–Kier alpha value is -3.79. The summed E-state index contributed by atoms with van der Waals surface area (Å²) in [6, 6.07) is 15.5. The number of amides is 3. The van der Waals surface area contributed by atoms with Crippen LogP contribution in [0, 0.1) is 0 Å². The first kappa shape index (κ1) is 23.9. The Bertz CT molecular complexity index is 1400. The molecule has 1 aromatic heterocycles. The Balaban J connectivity index is 1.28. The zero-order valence-corrected chi connectivity index (χ0v) is 19.6. The van der Waals surface area contributed by atoms with E-state index in [1.807, 2.05) is 24.3 Å². The fourth-order valence-electron chi connectivity index (χ4n) is 4.14. The third-order valence-electron chi connectivity index (χ3n) is 6.02. The Morgan fingerprint density at radius 3 is 2.58 bits per heavy atom. The summed E-state index contributed by atoms with van der Waals surface area (Å²) in [6.45, 7) is 0.566. The summed E-state index contributed by atoms with van der Waals surface area (Å²) in [6.07, 6.45) is -2.43. The monoisotopic (exact) mass is 512 g/mol. The molecule has 0 aliphatic carbocycles. The summed E-state index contributed by atoms with van der Waals surface area (Å²) >= 11 is 0.684. The van der Waals surface area contributed by atoms with Gasteiger partial charge >= 0.3 is 6.18 Å². The van der Waals surface area contributed by atoms with Gasteiger partial charge in [-0.15, -0.1) is 0 Å². The van der Waals surface area contributed by atoms with Gasteiger partial charge < -0.3 is 9.32 Å². The van der Waals surface area contributed by atoms with Crippen LogP contribution in [-0.4, -0.2) is 39.9 Å². The number of benzene rings is 2. The zero-order valence-electron chi connectivity index (χ0n) is 18.7. The number of carbonyl (C=O) groups is 3. The Morgan fingerprint density at radius 2 is 1.81 bits per heavy atom. The van der Waals surface area contributed by atoms with Crippen LogP contribution in [0.3, 0.4) is 0 Å². The highest BCUT2D eigenvalue weighted by Gasteiger charge is 2.38. The van der Waals surface area contributed by atoms with Crippen molar-refractivity contribution < 1.29 is 32.0 Å². The van der Waals surface area contributed by atoms with Crippen LogP contribution in [0.15, 0.2) is 70.0 Å². The lowest BCUT2D eigenvalue weighted by molar-refractivity contribution is -0.137. The van der Waals surface area contributed by atoms with E-state index in [9.17, 15) is 27.6 Å². The molecular formula is C26H19F3N2O4S. The predicted octanol–water partition coefficient (Wildman–Crippen LogP) is 5.59. The van der Waals surface area contributed by atoms with Gasteiger partial charge in [-0.25, -0.2) is 0 Å². The van der Waals surface area contributed by atoms with Crippen molar-refractivity contribution >= 4 is 34.9 Å². The number of thioether (sulfide) groups is 1. The van der Waals surface area contributed by atoms with Crippen LogP contribution in [0.5, 0.6) is 0 Å². The maximum atomic E-state index is 13.0. The number of hydrogen-bond acceptors (Lipinski definition) is 5. The molecule has 3 heterocycles. The first-order chi connectivity index (χ1) is 17.2. The number of fused-ring (bicyclic) bond motifs is 1. The summed E-state index contributed by atoms with van der Waals surface area (Å²) in [5, 5.41) is -0.568. The quantitative estimate of drug-likeness (QED) is 0.427. The van der Waals surface area contributed by atoms with Crippen LogP contribution in [0.1, 0.15) is 22.5 Å². The zero-order chi connectivity index (χ0) is 25.4. The maximum absolute atomic E-state index is 13.0. The number of nitrogens with zero attached hydrogens (tertiary/aromatic N) is 2. The molecule has 184 valence electrons. The maximum Gasteiger partial charge on any atom is 0.416 e. The smallest absolute Gasteiger partial charge is 0.416 e. The highest BCUT2D eigenvalue weighted by molar-refractivity contribution is 8.18. The first-order valence-electron chi connectivity index (χ1n) is 11.1. The molecule has 2 aromatic carbocycles. The minimum absolute atomic E-state index is 0.0710. The second-order valence-electron chi connectivity index (χ2n) is 8.38. The Labute approximate surface area is 208 Å². The molecule has 36 heavy (non-hydrogen) atoms. The number of rotatable bonds is 4. The van der Waals surface area contributed by atoms with E-state index < -0.39 is 22.9 Å². The van der Waals surface area contributed by atoms with Crippen LogP contribution in [0.2, 0.25) is 0 Å². The van der Waals surface area contributed by atoms with Crippen LogP contribution >= 0.6 is 11.8 Å². The minimum atomic E-state index is -4.49. The SMILES string of the molecule is O=C(CN1C(=O)S/C(=C/c2ccc(-c3cccc(C(F)(F)F)c3)o2)C1=O)N1CCc2ccccc2C1. The van der Waals surface area contributed by atoms with Gasteiger partial charge in [0.15, 0.2) is 0 Å². The average molecular weight is 513 g/mol. The topological polar surface area (TPSA) is 70.8 Å². The third kappa shape index (κ3) is 4.81. The fourth-order valence-corrected chi connectivity index (χ4v) is 4.96. The summed E-state index contributed by atoms with van der Waals surface area (Å²) in [5.74, 6) is -0.551. The summed E-state index contributed by atoms with van der Waals surface area (Å²) < 4.78 is 44.6. The van der Waals surface area contributed by atoms with E-state index in [4.69, 9.17) is 4.42 Å². The number of hydrogen-bond donors (Lipinski definition) is 0. The average Bonchev–Trinajstić information content (AvgIpc) is 3.43. The molecule has 5 rings (SSSR count).